The van der Waals surface area contributed by atoms with E-state index in [2.05, 4.69) is 4.74 Å². The number of aliphatic hydroxyl groups is 1. The molecular formula is C4H9ClO3. The molecular weight excluding hydrogens is 131 g/mol. The Morgan fingerprint density at radius 2 is 2.12 bits per heavy atom. The van der Waals surface area contributed by atoms with Gasteiger partial charge in [-0.1, -0.05) is 0 Å². The Morgan fingerprint density at radius 1 is 1.75 bits per heavy atom. The average molecular weight is 141 g/mol. The first-order valence-corrected chi connectivity index (χ1v) is 1.94. The van der Waals surface area contributed by atoms with Crippen molar-refractivity contribution in [3.05, 3.63) is 0 Å². The van der Waals surface area contributed by atoms with Crippen LogP contribution in [0.3, 0.4) is 0 Å². The van der Waals surface area contributed by atoms with Gasteiger partial charge in [0.1, 0.15) is 6.10 Å². The SMILES string of the molecule is COC(=O)C(C)O.Cl. The van der Waals surface area contributed by atoms with Gasteiger partial charge in [0.2, 0.25) is 0 Å². The van der Waals surface area contributed by atoms with Crippen molar-refractivity contribution in [3.63, 3.8) is 0 Å². The zero-order chi connectivity index (χ0) is 5.86. The van der Waals surface area contributed by atoms with Crippen LogP contribution < -0.4 is 0 Å². The molecule has 0 spiro atoms. The molecule has 0 aliphatic heterocycles. The third kappa shape index (κ3) is 3.89. The molecule has 3 nitrogen and oxygen atoms in total. The zero-order valence-electron chi connectivity index (χ0n) is 4.75. The first-order chi connectivity index (χ1) is 3.18. The van der Waals surface area contributed by atoms with Gasteiger partial charge in [-0.2, -0.15) is 0 Å². The van der Waals surface area contributed by atoms with E-state index in [-0.39, 0.29) is 12.4 Å². The molecule has 0 rings (SSSR count). The summed E-state index contributed by atoms with van der Waals surface area (Å²) in [5.74, 6) is -0.597. The number of aliphatic hydroxyl groups excluding tert-OH is 1. The second-order valence-electron chi connectivity index (χ2n) is 1.20. The molecule has 4 heteroatoms. The van der Waals surface area contributed by atoms with Crippen LogP contribution in [0, 0.1) is 0 Å². The number of halogens is 1. The molecule has 0 saturated heterocycles. The average Bonchev–Trinajstić information content (AvgIpc) is 1.65. The van der Waals surface area contributed by atoms with Gasteiger partial charge >= 0.3 is 5.97 Å². The maximum atomic E-state index is 10.0. The molecule has 0 radical (unpaired) electrons. The number of carbonyl (C=O) groups is 1. The van der Waals surface area contributed by atoms with Crippen LogP contribution >= 0.6 is 12.4 Å². The van der Waals surface area contributed by atoms with Crippen LogP contribution in [0.25, 0.3) is 0 Å². The van der Waals surface area contributed by atoms with Crippen LogP contribution in [0.15, 0.2) is 0 Å². The standard InChI is InChI=1S/C4H8O3.ClH/c1-3(5)4(6)7-2;/h3,5H,1-2H3;1H. The summed E-state index contributed by atoms with van der Waals surface area (Å²) in [6.45, 7) is 1.35. The van der Waals surface area contributed by atoms with Crippen molar-refractivity contribution >= 4 is 18.4 Å². The van der Waals surface area contributed by atoms with Crippen molar-refractivity contribution in [2.45, 2.75) is 13.0 Å². The number of esters is 1. The monoisotopic (exact) mass is 140 g/mol. The third-order valence-electron chi connectivity index (χ3n) is 0.542. The van der Waals surface area contributed by atoms with E-state index < -0.39 is 12.1 Å². The van der Waals surface area contributed by atoms with Crippen LogP contribution in [0.2, 0.25) is 0 Å². The molecule has 1 unspecified atom stereocenters. The zero-order valence-corrected chi connectivity index (χ0v) is 5.57. The fourth-order valence-corrected chi connectivity index (χ4v) is 0.171. The lowest BCUT2D eigenvalue weighted by molar-refractivity contribution is -0.149. The molecule has 0 aromatic heterocycles. The summed E-state index contributed by atoms with van der Waals surface area (Å²) in [7, 11) is 1.23. The summed E-state index contributed by atoms with van der Waals surface area (Å²) >= 11 is 0. The van der Waals surface area contributed by atoms with Gasteiger partial charge in [0.05, 0.1) is 7.11 Å². The molecule has 0 aromatic carbocycles. The second kappa shape index (κ2) is 4.87. The molecule has 8 heavy (non-hydrogen) atoms. The van der Waals surface area contributed by atoms with Gasteiger partial charge in [0.15, 0.2) is 0 Å². The molecule has 0 heterocycles. The molecule has 1 atom stereocenters. The van der Waals surface area contributed by atoms with Crippen molar-refractivity contribution in [1.29, 1.82) is 0 Å². The van der Waals surface area contributed by atoms with E-state index in [4.69, 9.17) is 5.11 Å². The van der Waals surface area contributed by atoms with E-state index in [1.807, 2.05) is 0 Å². The molecule has 0 aliphatic rings. The maximum absolute atomic E-state index is 10.0. The van der Waals surface area contributed by atoms with Crippen molar-refractivity contribution < 1.29 is 14.6 Å². The fourth-order valence-electron chi connectivity index (χ4n) is 0.171. The minimum Gasteiger partial charge on any atom is -0.467 e. The van der Waals surface area contributed by atoms with Crippen molar-refractivity contribution in [1.82, 2.24) is 0 Å². The molecule has 1 N–H and O–H groups in total. The number of hydrogen-bond donors (Lipinski definition) is 1. The Bertz CT molecular complexity index is 71.7. The number of methoxy groups -OCH3 is 1. The maximum Gasteiger partial charge on any atom is 0.334 e. The lowest BCUT2D eigenvalue weighted by atomic mass is 10.4. The van der Waals surface area contributed by atoms with E-state index >= 15 is 0 Å². The molecule has 0 fully saturated rings. The van der Waals surface area contributed by atoms with E-state index in [0.29, 0.717) is 0 Å². The van der Waals surface area contributed by atoms with E-state index in [0.717, 1.165) is 0 Å². The summed E-state index contributed by atoms with van der Waals surface area (Å²) in [6.07, 6.45) is -0.995. The highest BCUT2D eigenvalue weighted by Gasteiger charge is 2.05. The smallest absolute Gasteiger partial charge is 0.334 e. The van der Waals surface area contributed by atoms with E-state index in [1.54, 1.807) is 0 Å². The van der Waals surface area contributed by atoms with Crippen LogP contribution in [-0.4, -0.2) is 24.3 Å². The Balaban J connectivity index is 0. The molecule has 0 saturated carbocycles. The minimum atomic E-state index is -0.995. The quantitative estimate of drug-likeness (QED) is 0.520. The highest BCUT2D eigenvalue weighted by molar-refractivity contribution is 5.85. The Kier molecular flexibility index (Phi) is 6.48. The number of carbonyl (C=O) groups excluding carboxylic acids is 1. The molecule has 0 bridgehead atoms. The van der Waals surface area contributed by atoms with E-state index in [9.17, 15) is 4.79 Å². The lowest BCUT2D eigenvalue weighted by Gasteiger charge is -1.97. The number of rotatable bonds is 1. The van der Waals surface area contributed by atoms with Crippen molar-refractivity contribution in [2.24, 2.45) is 0 Å². The minimum absolute atomic E-state index is 0. The van der Waals surface area contributed by atoms with Crippen LogP contribution in [-0.2, 0) is 9.53 Å². The van der Waals surface area contributed by atoms with Gasteiger partial charge in [-0.3, -0.25) is 0 Å². The van der Waals surface area contributed by atoms with Gasteiger partial charge in [-0.05, 0) is 6.92 Å². The fraction of sp³-hybridized carbons (Fsp3) is 0.750. The molecule has 50 valence electrons. The first kappa shape index (κ1) is 10.7. The Hall–Kier alpha value is -0.280. The van der Waals surface area contributed by atoms with Gasteiger partial charge in [-0.15, -0.1) is 12.4 Å². The molecule has 0 aromatic rings. The first-order valence-electron chi connectivity index (χ1n) is 1.94. The Labute approximate surface area is 54.1 Å². The summed E-state index contributed by atoms with van der Waals surface area (Å²) in [5, 5.41) is 8.35. The van der Waals surface area contributed by atoms with Gasteiger partial charge in [0, 0.05) is 0 Å². The summed E-state index contributed by atoms with van der Waals surface area (Å²) in [6, 6.07) is 0. The van der Waals surface area contributed by atoms with Crippen LogP contribution in [0.4, 0.5) is 0 Å². The van der Waals surface area contributed by atoms with Gasteiger partial charge in [0.25, 0.3) is 0 Å². The summed E-state index contributed by atoms with van der Waals surface area (Å²) in [4.78, 5) is 10.0. The second-order valence-corrected chi connectivity index (χ2v) is 1.20. The highest BCUT2D eigenvalue weighted by Crippen LogP contribution is 1.80. The van der Waals surface area contributed by atoms with Crippen LogP contribution in [0.1, 0.15) is 6.92 Å². The van der Waals surface area contributed by atoms with Crippen LogP contribution in [0.5, 0.6) is 0 Å². The predicted octanol–water partition coefficient (Wildman–Crippen LogP) is -0.0380. The number of hydrogen-bond acceptors (Lipinski definition) is 3. The third-order valence-corrected chi connectivity index (χ3v) is 0.542. The van der Waals surface area contributed by atoms with Crippen molar-refractivity contribution in [3.8, 4) is 0 Å². The highest BCUT2D eigenvalue weighted by atomic mass is 35.5. The van der Waals surface area contributed by atoms with Crippen molar-refractivity contribution in [2.75, 3.05) is 7.11 Å². The molecule has 0 amide bonds. The van der Waals surface area contributed by atoms with Gasteiger partial charge in [-0.25, -0.2) is 4.79 Å². The topological polar surface area (TPSA) is 46.5 Å². The molecule has 0 aliphatic carbocycles. The summed E-state index contributed by atoms with van der Waals surface area (Å²) < 4.78 is 4.12. The predicted molar refractivity (Wildman–Crippen MR) is 30.9 cm³/mol. The lowest BCUT2D eigenvalue weighted by Crippen LogP contribution is -2.16. The summed E-state index contributed by atoms with van der Waals surface area (Å²) in [5.41, 5.74) is 0. The number of ether oxygens (including phenoxy) is 1. The van der Waals surface area contributed by atoms with E-state index in [1.165, 1.54) is 14.0 Å². The normalized spacial score (nSPS) is 11.4. The largest absolute Gasteiger partial charge is 0.467 e. The Morgan fingerprint density at radius 3 is 2.12 bits per heavy atom. The van der Waals surface area contributed by atoms with Gasteiger partial charge < -0.3 is 9.84 Å².